The van der Waals surface area contributed by atoms with Gasteiger partial charge in [0.25, 0.3) is 0 Å². The third-order valence-electron chi connectivity index (χ3n) is 3.21. The largest absolute Gasteiger partial charge is 0.489 e. The van der Waals surface area contributed by atoms with Crippen LogP contribution in [0.2, 0.25) is 0 Å². The molecule has 0 atom stereocenters. The SMILES string of the molecule is O=Cc1ccc(-c2cccc(OCc3ccccc3F)c2)o1. The standard InChI is InChI=1S/C18H13FO3/c19-17-7-2-1-4-14(17)12-21-15-6-3-5-13(10-15)18-9-8-16(11-20)22-18/h1-11H,12H2. The lowest BCUT2D eigenvalue weighted by atomic mass is 10.1. The summed E-state index contributed by atoms with van der Waals surface area (Å²) in [6.07, 6.45) is 0.655. The molecule has 0 saturated carbocycles. The van der Waals surface area contributed by atoms with E-state index in [9.17, 15) is 9.18 Å². The summed E-state index contributed by atoms with van der Waals surface area (Å²) in [5, 5.41) is 0. The van der Waals surface area contributed by atoms with Crippen LogP contribution in [0.5, 0.6) is 5.75 Å². The van der Waals surface area contributed by atoms with Crippen LogP contribution in [0.15, 0.2) is 65.1 Å². The Kier molecular flexibility index (Phi) is 4.01. The molecule has 1 heterocycles. The summed E-state index contributed by atoms with van der Waals surface area (Å²) >= 11 is 0. The van der Waals surface area contributed by atoms with Crippen LogP contribution in [0.25, 0.3) is 11.3 Å². The van der Waals surface area contributed by atoms with E-state index >= 15 is 0 Å². The van der Waals surface area contributed by atoms with E-state index in [2.05, 4.69) is 0 Å². The van der Waals surface area contributed by atoms with Gasteiger partial charge in [0.2, 0.25) is 0 Å². The van der Waals surface area contributed by atoms with E-state index < -0.39 is 0 Å². The molecule has 0 amide bonds. The van der Waals surface area contributed by atoms with Crippen molar-refractivity contribution in [3.05, 3.63) is 77.8 Å². The van der Waals surface area contributed by atoms with E-state index in [4.69, 9.17) is 9.15 Å². The summed E-state index contributed by atoms with van der Waals surface area (Å²) in [7, 11) is 0. The van der Waals surface area contributed by atoms with Gasteiger partial charge >= 0.3 is 0 Å². The molecule has 3 nitrogen and oxygen atoms in total. The Labute approximate surface area is 127 Å². The molecule has 0 aliphatic rings. The lowest BCUT2D eigenvalue weighted by molar-refractivity contribution is 0.110. The predicted molar refractivity (Wildman–Crippen MR) is 80.3 cm³/mol. The van der Waals surface area contributed by atoms with Crippen molar-refractivity contribution in [2.75, 3.05) is 0 Å². The Bertz CT molecular complexity index is 792. The lowest BCUT2D eigenvalue weighted by Gasteiger charge is -2.08. The molecule has 3 aromatic rings. The first-order valence-electron chi connectivity index (χ1n) is 6.78. The number of carbonyl (C=O) groups is 1. The van der Waals surface area contributed by atoms with Gasteiger partial charge in [-0.15, -0.1) is 0 Å². The van der Waals surface area contributed by atoms with Crippen molar-refractivity contribution in [3.8, 4) is 17.1 Å². The van der Waals surface area contributed by atoms with Gasteiger partial charge in [-0.1, -0.05) is 30.3 Å². The molecular formula is C18H13FO3. The Morgan fingerprint density at radius 2 is 1.91 bits per heavy atom. The average molecular weight is 296 g/mol. The summed E-state index contributed by atoms with van der Waals surface area (Å²) in [6, 6.07) is 17.1. The smallest absolute Gasteiger partial charge is 0.185 e. The van der Waals surface area contributed by atoms with Crippen molar-refractivity contribution in [2.24, 2.45) is 0 Å². The highest BCUT2D eigenvalue weighted by Gasteiger charge is 2.06. The average Bonchev–Trinajstić information content (AvgIpc) is 3.03. The van der Waals surface area contributed by atoms with E-state index in [-0.39, 0.29) is 18.2 Å². The monoisotopic (exact) mass is 296 g/mol. The van der Waals surface area contributed by atoms with Crippen molar-refractivity contribution >= 4 is 6.29 Å². The van der Waals surface area contributed by atoms with Crippen LogP contribution in [-0.2, 0) is 6.61 Å². The molecule has 0 fully saturated rings. The fourth-order valence-electron chi connectivity index (χ4n) is 2.09. The van der Waals surface area contributed by atoms with Gasteiger partial charge in [-0.05, 0) is 30.3 Å². The highest BCUT2D eigenvalue weighted by molar-refractivity contribution is 5.73. The van der Waals surface area contributed by atoms with E-state index in [1.165, 1.54) is 6.07 Å². The summed E-state index contributed by atoms with van der Waals surface area (Å²) in [6.45, 7) is 0.147. The molecule has 0 spiro atoms. The fourth-order valence-corrected chi connectivity index (χ4v) is 2.09. The summed E-state index contributed by atoms with van der Waals surface area (Å²) in [5.41, 5.74) is 1.29. The molecule has 0 bridgehead atoms. The van der Waals surface area contributed by atoms with Crippen molar-refractivity contribution in [1.29, 1.82) is 0 Å². The molecule has 0 N–H and O–H groups in total. The predicted octanol–water partition coefficient (Wildman–Crippen LogP) is 4.48. The second kappa shape index (κ2) is 6.26. The Morgan fingerprint density at radius 1 is 1.05 bits per heavy atom. The Balaban J connectivity index is 1.76. The normalized spacial score (nSPS) is 10.4. The first-order chi connectivity index (χ1) is 10.8. The molecule has 0 aliphatic heterocycles. The second-order valence-corrected chi connectivity index (χ2v) is 4.73. The van der Waals surface area contributed by atoms with Crippen molar-refractivity contribution in [3.63, 3.8) is 0 Å². The third-order valence-corrected chi connectivity index (χ3v) is 3.21. The molecule has 3 rings (SSSR count). The van der Waals surface area contributed by atoms with Crippen LogP contribution in [-0.4, -0.2) is 6.29 Å². The number of ether oxygens (including phenoxy) is 1. The van der Waals surface area contributed by atoms with Gasteiger partial charge in [0.05, 0.1) is 0 Å². The van der Waals surface area contributed by atoms with Crippen LogP contribution in [0.3, 0.4) is 0 Å². The Morgan fingerprint density at radius 3 is 2.68 bits per heavy atom. The molecule has 22 heavy (non-hydrogen) atoms. The number of halogens is 1. The van der Waals surface area contributed by atoms with E-state index in [0.29, 0.717) is 23.4 Å². The molecular weight excluding hydrogens is 283 g/mol. The van der Waals surface area contributed by atoms with Crippen LogP contribution in [0, 0.1) is 5.82 Å². The van der Waals surface area contributed by atoms with Gasteiger partial charge < -0.3 is 9.15 Å². The first-order valence-corrected chi connectivity index (χ1v) is 6.78. The van der Waals surface area contributed by atoms with E-state index in [1.807, 2.05) is 12.1 Å². The maximum Gasteiger partial charge on any atom is 0.185 e. The van der Waals surface area contributed by atoms with Crippen LogP contribution < -0.4 is 4.74 Å². The Hall–Kier alpha value is -2.88. The van der Waals surface area contributed by atoms with Gasteiger partial charge in [-0.2, -0.15) is 0 Å². The quantitative estimate of drug-likeness (QED) is 0.652. The molecule has 2 aromatic carbocycles. The van der Waals surface area contributed by atoms with Crippen LogP contribution in [0.1, 0.15) is 16.1 Å². The summed E-state index contributed by atoms with van der Waals surface area (Å²) in [5.74, 6) is 1.16. The number of carbonyl (C=O) groups excluding carboxylic acids is 1. The lowest BCUT2D eigenvalue weighted by Crippen LogP contribution is -1.98. The van der Waals surface area contributed by atoms with Gasteiger partial charge in [-0.25, -0.2) is 4.39 Å². The zero-order chi connectivity index (χ0) is 15.4. The molecule has 0 unspecified atom stereocenters. The number of aldehydes is 1. The topological polar surface area (TPSA) is 39.4 Å². The fraction of sp³-hybridized carbons (Fsp3) is 0.0556. The number of benzene rings is 2. The summed E-state index contributed by atoms with van der Waals surface area (Å²) < 4.78 is 24.5. The first kappa shape index (κ1) is 14.1. The van der Waals surface area contributed by atoms with Gasteiger partial charge in [0.1, 0.15) is 23.9 Å². The molecule has 110 valence electrons. The van der Waals surface area contributed by atoms with Crippen molar-refractivity contribution < 1.29 is 18.3 Å². The third kappa shape index (κ3) is 3.06. The van der Waals surface area contributed by atoms with Crippen LogP contribution in [0.4, 0.5) is 4.39 Å². The van der Waals surface area contributed by atoms with E-state index in [0.717, 1.165) is 5.56 Å². The second-order valence-electron chi connectivity index (χ2n) is 4.73. The minimum absolute atomic E-state index is 0.147. The van der Waals surface area contributed by atoms with Gasteiger partial charge in [-0.3, -0.25) is 4.79 Å². The van der Waals surface area contributed by atoms with Crippen molar-refractivity contribution in [1.82, 2.24) is 0 Å². The minimum atomic E-state index is -0.291. The zero-order valence-corrected chi connectivity index (χ0v) is 11.7. The van der Waals surface area contributed by atoms with Crippen molar-refractivity contribution in [2.45, 2.75) is 6.61 Å². The molecule has 1 aromatic heterocycles. The van der Waals surface area contributed by atoms with E-state index in [1.54, 1.807) is 42.5 Å². The summed E-state index contributed by atoms with van der Waals surface area (Å²) in [4.78, 5) is 10.7. The van der Waals surface area contributed by atoms with Gasteiger partial charge in [0, 0.05) is 11.1 Å². The number of rotatable bonds is 5. The molecule has 0 saturated heterocycles. The number of hydrogen-bond acceptors (Lipinski definition) is 3. The molecule has 4 heteroatoms. The van der Waals surface area contributed by atoms with Gasteiger partial charge in [0.15, 0.2) is 12.0 Å². The maximum absolute atomic E-state index is 13.6. The van der Waals surface area contributed by atoms with Crippen LogP contribution >= 0.6 is 0 Å². The zero-order valence-electron chi connectivity index (χ0n) is 11.7. The highest BCUT2D eigenvalue weighted by atomic mass is 19.1. The maximum atomic E-state index is 13.6. The molecule has 0 radical (unpaired) electrons. The molecule has 0 aliphatic carbocycles. The number of furan rings is 1. The minimum Gasteiger partial charge on any atom is -0.489 e. The highest BCUT2D eigenvalue weighted by Crippen LogP contribution is 2.26. The number of hydrogen-bond donors (Lipinski definition) is 0.